The highest BCUT2D eigenvalue weighted by Gasteiger charge is 2.71. The number of fused-ring (bicyclic) bond motifs is 1. The summed E-state index contributed by atoms with van der Waals surface area (Å²) >= 11 is 0. The largest absolute Gasteiger partial charge is 0.378 e. The molecule has 0 unspecified atom stereocenters. The van der Waals surface area contributed by atoms with Gasteiger partial charge in [0.1, 0.15) is 23.1 Å². The van der Waals surface area contributed by atoms with Gasteiger partial charge in [-0.15, -0.1) is 0 Å². The first kappa shape index (κ1) is 28.8. The van der Waals surface area contributed by atoms with E-state index < -0.39 is 10.8 Å². The highest BCUT2D eigenvalue weighted by molar-refractivity contribution is 6.07. The number of nitrogens with zero attached hydrogens (tertiary/aromatic N) is 7. The number of benzene rings is 3. The molecule has 2 aliphatic rings. The molecule has 0 bridgehead atoms. The van der Waals surface area contributed by atoms with Gasteiger partial charge in [-0.2, -0.15) is 21.0 Å². The van der Waals surface area contributed by atoms with Gasteiger partial charge in [0.25, 0.3) is 0 Å². The predicted molar refractivity (Wildman–Crippen MR) is 171 cm³/mol. The average molecular weight is 562 g/mol. The highest BCUT2D eigenvalue weighted by Crippen LogP contribution is 2.74. The first-order chi connectivity index (χ1) is 20.6. The van der Waals surface area contributed by atoms with E-state index >= 15 is 0 Å². The third-order valence-electron chi connectivity index (χ3n) is 8.58. The molecule has 2 atom stereocenters. The second kappa shape index (κ2) is 10.6. The van der Waals surface area contributed by atoms with E-state index in [1.165, 1.54) is 0 Å². The van der Waals surface area contributed by atoms with Crippen LogP contribution in [0.25, 0.3) is 11.1 Å². The number of hydrogen-bond acceptors (Lipinski definition) is 7. The summed E-state index contributed by atoms with van der Waals surface area (Å²) in [5, 5.41) is 42.5. The Labute approximate surface area is 253 Å². The van der Waals surface area contributed by atoms with E-state index in [0.717, 1.165) is 33.8 Å². The first-order valence-electron chi connectivity index (χ1n) is 13.8. The molecule has 5 rings (SSSR count). The van der Waals surface area contributed by atoms with Gasteiger partial charge in [0.05, 0.1) is 23.1 Å². The Hall–Kier alpha value is -5.76. The second-order valence-electron chi connectivity index (χ2n) is 11.4. The van der Waals surface area contributed by atoms with E-state index in [1.54, 1.807) is 0 Å². The van der Waals surface area contributed by atoms with Crippen molar-refractivity contribution in [3.05, 3.63) is 112 Å². The zero-order valence-corrected chi connectivity index (χ0v) is 25.1. The molecular formula is C36H31N7. The quantitative estimate of drug-likeness (QED) is 0.337. The van der Waals surface area contributed by atoms with E-state index in [0.29, 0.717) is 11.1 Å². The van der Waals surface area contributed by atoms with Gasteiger partial charge < -0.3 is 14.7 Å². The third-order valence-corrected chi connectivity index (χ3v) is 8.58. The smallest absolute Gasteiger partial charge is 0.135 e. The van der Waals surface area contributed by atoms with Crippen LogP contribution in [0.5, 0.6) is 0 Å². The van der Waals surface area contributed by atoms with Gasteiger partial charge in [-0.1, -0.05) is 42.5 Å². The van der Waals surface area contributed by atoms with Gasteiger partial charge in [0, 0.05) is 70.5 Å². The van der Waals surface area contributed by atoms with E-state index in [-0.39, 0.29) is 16.7 Å². The minimum Gasteiger partial charge on any atom is -0.378 e. The van der Waals surface area contributed by atoms with Crippen LogP contribution < -0.4 is 14.7 Å². The van der Waals surface area contributed by atoms with Crippen molar-refractivity contribution in [2.24, 2.45) is 5.41 Å². The zero-order valence-electron chi connectivity index (χ0n) is 25.1. The Kier molecular flexibility index (Phi) is 7.07. The van der Waals surface area contributed by atoms with Crippen LogP contribution in [0.3, 0.4) is 0 Å². The molecule has 0 N–H and O–H groups in total. The van der Waals surface area contributed by atoms with Crippen molar-refractivity contribution in [3.63, 3.8) is 0 Å². The van der Waals surface area contributed by atoms with Gasteiger partial charge in [-0.05, 0) is 58.7 Å². The summed E-state index contributed by atoms with van der Waals surface area (Å²) in [4.78, 5) is 5.96. The highest BCUT2D eigenvalue weighted by atomic mass is 15.1. The van der Waals surface area contributed by atoms with Gasteiger partial charge in [-0.25, -0.2) is 0 Å². The number of allylic oxidation sites excluding steroid dienone is 6. The number of nitriles is 4. The molecule has 3 aromatic rings. The Bertz CT molecular complexity index is 1850. The molecule has 0 heterocycles. The monoisotopic (exact) mass is 561 g/mol. The minimum atomic E-state index is -1.38. The van der Waals surface area contributed by atoms with Gasteiger partial charge in [0.15, 0.2) is 0 Å². The predicted octanol–water partition coefficient (Wildman–Crippen LogP) is 6.06. The van der Waals surface area contributed by atoms with Crippen LogP contribution in [0.15, 0.2) is 95.6 Å². The molecule has 0 radical (unpaired) electrons. The summed E-state index contributed by atoms with van der Waals surface area (Å²) in [6, 6.07) is 32.5. The van der Waals surface area contributed by atoms with Gasteiger partial charge >= 0.3 is 0 Å². The zero-order chi connectivity index (χ0) is 31.1. The van der Waals surface area contributed by atoms with Crippen LogP contribution in [-0.2, 0) is 5.41 Å². The number of anilines is 3. The van der Waals surface area contributed by atoms with E-state index in [2.05, 4.69) is 24.3 Å². The molecule has 43 heavy (non-hydrogen) atoms. The van der Waals surface area contributed by atoms with E-state index in [1.807, 2.05) is 136 Å². The molecule has 0 aliphatic heterocycles. The minimum absolute atomic E-state index is 0.175. The molecule has 0 saturated carbocycles. The molecular weight excluding hydrogens is 530 g/mol. The van der Waals surface area contributed by atoms with Crippen LogP contribution in [0.1, 0.15) is 16.7 Å². The van der Waals surface area contributed by atoms with Crippen LogP contribution in [0, 0.1) is 50.7 Å². The number of hydrogen-bond donors (Lipinski definition) is 0. The first-order valence-corrected chi connectivity index (χ1v) is 13.8. The van der Waals surface area contributed by atoms with Crippen molar-refractivity contribution in [2.45, 2.75) is 5.41 Å². The van der Waals surface area contributed by atoms with E-state index in [4.69, 9.17) is 0 Å². The Morgan fingerprint density at radius 1 is 0.605 bits per heavy atom. The maximum atomic E-state index is 11.4. The van der Waals surface area contributed by atoms with Gasteiger partial charge in [-0.3, -0.25) is 0 Å². The molecule has 3 aromatic carbocycles. The normalized spacial score (nSPS) is 20.0. The van der Waals surface area contributed by atoms with Crippen molar-refractivity contribution >= 4 is 28.2 Å². The van der Waals surface area contributed by atoms with Crippen LogP contribution in [-0.4, -0.2) is 42.3 Å². The van der Waals surface area contributed by atoms with Crippen molar-refractivity contribution < 1.29 is 0 Å². The van der Waals surface area contributed by atoms with Crippen molar-refractivity contribution in [1.29, 1.82) is 21.0 Å². The van der Waals surface area contributed by atoms with Crippen LogP contribution in [0.2, 0.25) is 0 Å². The molecule has 210 valence electrons. The van der Waals surface area contributed by atoms with Crippen molar-refractivity contribution in [2.75, 3.05) is 57.0 Å². The summed E-state index contributed by atoms with van der Waals surface area (Å²) in [5.41, 5.74) is 4.12. The summed E-state index contributed by atoms with van der Waals surface area (Å²) in [5.74, 6) is 0. The lowest BCUT2D eigenvalue weighted by atomic mass is 9.45. The Morgan fingerprint density at radius 2 is 1.05 bits per heavy atom. The maximum Gasteiger partial charge on any atom is 0.135 e. The van der Waals surface area contributed by atoms with Crippen molar-refractivity contribution in [3.8, 4) is 24.3 Å². The fourth-order valence-corrected chi connectivity index (χ4v) is 6.44. The molecule has 0 saturated heterocycles. The summed E-state index contributed by atoms with van der Waals surface area (Å²) in [6.45, 7) is 0. The van der Waals surface area contributed by atoms with E-state index in [9.17, 15) is 21.0 Å². The molecule has 2 aliphatic carbocycles. The molecule has 0 amide bonds. The average Bonchev–Trinajstić information content (AvgIpc) is 3.19. The standard InChI is InChI=1S/C36H31N7/c1-41(2)28-13-7-24(8-14-28)32-19-35(27-11-17-30(18-12-27)43(5)6)34(26(20-37)21-38)31(22-39)33(36(32,35)23-40)25-9-15-29(16-10-25)42(3)4/h7-19H,1-6H3/t35-,36-/m1/s1. The molecule has 0 aromatic heterocycles. The molecule has 7 nitrogen and oxygen atoms in total. The fraction of sp³-hybridized carbons (Fsp3) is 0.222. The Balaban J connectivity index is 1.92. The van der Waals surface area contributed by atoms with Gasteiger partial charge in [0.2, 0.25) is 0 Å². The summed E-state index contributed by atoms with van der Waals surface area (Å²) < 4.78 is 0. The topological polar surface area (TPSA) is 105 Å². The van der Waals surface area contributed by atoms with Crippen LogP contribution in [0.4, 0.5) is 17.1 Å². The molecule has 7 heteroatoms. The second-order valence-corrected chi connectivity index (χ2v) is 11.4. The van der Waals surface area contributed by atoms with Crippen LogP contribution >= 0.6 is 0 Å². The lowest BCUT2D eigenvalue weighted by Gasteiger charge is -2.52. The summed E-state index contributed by atoms with van der Waals surface area (Å²) in [7, 11) is 11.7. The number of rotatable bonds is 6. The summed E-state index contributed by atoms with van der Waals surface area (Å²) in [6.07, 6.45) is 1.98. The van der Waals surface area contributed by atoms with Crippen molar-refractivity contribution in [1.82, 2.24) is 0 Å². The molecule has 0 spiro atoms. The lowest BCUT2D eigenvalue weighted by Crippen LogP contribution is -2.50. The third kappa shape index (κ3) is 3.99. The lowest BCUT2D eigenvalue weighted by molar-refractivity contribution is 0.440. The fourth-order valence-electron chi connectivity index (χ4n) is 6.44. The molecule has 0 fully saturated rings. The maximum absolute atomic E-state index is 11.4. The SMILES string of the molecule is CN(C)c1ccc(C2=C[C@@]3(c4ccc(N(C)C)cc4)C(=C(C#N)C#N)C(C#N)=C(c4ccc(N(C)C)cc4)[C@@]23C#N)cc1. The Morgan fingerprint density at radius 3 is 1.44 bits per heavy atom.